The first-order valence-electron chi connectivity index (χ1n) is 11.6. The van der Waals surface area contributed by atoms with E-state index in [-0.39, 0.29) is 12.3 Å². The van der Waals surface area contributed by atoms with Gasteiger partial charge in [0.2, 0.25) is 11.8 Å². The highest BCUT2D eigenvalue weighted by Gasteiger charge is 2.21. The molecule has 186 valence electrons. The number of benzene rings is 1. The van der Waals surface area contributed by atoms with E-state index < -0.39 is 0 Å². The van der Waals surface area contributed by atoms with Crippen molar-refractivity contribution >= 4 is 22.6 Å². The number of aryl methyl sites for hydroxylation is 1. The van der Waals surface area contributed by atoms with Crippen LogP contribution in [0, 0.1) is 0 Å². The highest BCUT2D eigenvalue weighted by atomic mass is 16.5. The van der Waals surface area contributed by atoms with Crippen molar-refractivity contribution < 1.29 is 23.7 Å². The zero-order valence-electron chi connectivity index (χ0n) is 20.3. The summed E-state index contributed by atoms with van der Waals surface area (Å²) in [7, 11) is 3.09. The lowest BCUT2D eigenvalue weighted by molar-refractivity contribution is -0.115. The van der Waals surface area contributed by atoms with Crippen LogP contribution in [0.2, 0.25) is 0 Å². The number of nitrogens with zero attached hydrogens (tertiary/aromatic N) is 4. The first kappa shape index (κ1) is 23.3. The van der Waals surface area contributed by atoms with Gasteiger partial charge in [0.05, 0.1) is 50.0 Å². The van der Waals surface area contributed by atoms with Crippen LogP contribution in [0.5, 0.6) is 28.9 Å². The lowest BCUT2D eigenvalue weighted by atomic mass is 10.2. The summed E-state index contributed by atoms with van der Waals surface area (Å²) < 4.78 is 22.6. The average molecular weight is 491 g/mol. The van der Waals surface area contributed by atoms with Crippen molar-refractivity contribution in [2.45, 2.75) is 32.6 Å². The van der Waals surface area contributed by atoms with Crippen LogP contribution in [0.4, 0.5) is 5.82 Å². The van der Waals surface area contributed by atoms with Crippen LogP contribution in [0.25, 0.3) is 10.9 Å². The number of anilines is 1. The molecule has 0 aliphatic heterocycles. The molecule has 0 saturated carbocycles. The highest BCUT2D eigenvalue weighted by Crippen LogP contribution is 2.36. The molecule has 0 radical (unpaired) electrons. The first-order chi connectivity index (χ1) is 17.6. The van der Waals surface area contributed by atoms with E-state index in [1.54, 1.807) is 25.3 Å². The predicted octanol–water partition coefficient (Wildman–Crippen LogP) is 3.63. The molecule has 5 rings (SSSR count). The van der Waals surface area contributed by atoms with E-state index in [1.807, 2.05) is 6.92 Å². The van der Waals surface area contributed by atoms with E-state index in [4.69, 9.17) is 18.9 Å². The molecule has 11 heteroatoms. The van der Waals surface area contributed by atoms with Gasteiger partial charge in [0.25, 0.3) is 0 Å². The average Bonchev–Trinajstić information content (AvgIpc) is 3.50. The molecule has 0 spiro atoms. The van der Waals surface area contributed by atoms with E-state index in [9.17, 15) is 4.79 Å². The molecular weight excluding hydrogens is 464 g/mol. The molecule has 0 atom stereocenters. The van der Waals surface area contributed by atoms with Gasteiger partial charge in [0.1, 0.15) is 12.1 Å². The second-order valence-electron chi connectivity index (χ2n) is 8.16. The fraction of sp³-hybridized carbons (Fsp3) is 0.320. The number of pyridine rings is 1. The lowest BCUT2D eigenvalue weighted by Gasteiger charge is -2.13. The minimum atomic E-state index is -0.227. The number of hydrogen-bond acceptors (Lipinski definition) is 9. The first-order valence-corrected chi connectivity index (χ1v) is 11.6. The SMILES string of the molecule is CCOc1cc2c(Oc3cnc(CC(=O)Nc4n[nH]c5c4CCC5)c(OC)c3)ncnc2cc1OC. The quantitative estimate of drug-likeness (QED) is 0.361. The molecule has 2 N–H and O–H groups in total. The summed E-state index contributed by atoms with van der Waals surface area (Å²) in [4.78, 5) is 25.7. The topological polar surface area (TPSA) is 133 Å². The number of amides is 1. The van der Waals surface area contributed by atoms with Crippen LogP contribution < -0.4 is 24.3 Å². The zero-order chi connectivity index (χ0) is 25.1. The van der Waals surface area contributed by atoms with Gasteiger partial charge in [-0.2, -0.15) is 5.10 Å². The van der Waals surface area contributed by atoms with Crippen LogP contribution in [-0.2, 0) is 24.1 Å². The second kappa shape index (κ2) is 10.1. The minimum Gasteiger partial charge on any atom is -0.495 e. The van der Waals surface area contributed by atoms with Gasteiger partial charge >= 0.3 is 0 Å². The summed E-state index contributed by atoms with van der Waals surface area (Å²) in [5, 5.41) is 10.7. The fourth-order valence-corrected chi connectivity index (χ4v) is 4.23. The maximum absolute atomic E-state index is 12.7. The number of methoxy groups -OCH3 is 2. The Morgan fingerprint density at radius 2 is 1.92 bits per heavy atom. The van der Waals surface area contributed by atoms with Crippen molar-refractivity contribution in [1.82, 2.24) is 25.1 Å². The van der Waals surface area contributed by atoms with Gasteiger partial charge in [0, 0.05) is 23.4 Å². The Hall–Kier alpha value is -4.41. The molecular formula is C25H26N6O5. The highest BCUT2D eigenvalue weighted by molar-refractivity contribution is 5.92. The molecule has 1 aliphatic carbocycles. The zero-order valence-corrected chi connectivity index (χ0v) is 20.3. The van der Waals surface area contributed by atoms with Gasteiger partial charge in [-0.3, -0.25) is 14.9 Å². The molecule has 4 aromatic rings. The van der Waals surface area contributed by atoms with Crippen molar-refractivity contribution in [3.8, 4) is 28.9 Å². The van der Waals surface area contributed by atoms with Crippen molar-refractivity contribution in [3.63, 3.8) is 0 Å². The number of hydrogen-bond donors (Lipinski definition) is 2. The smallest absolute Gasteiger partial charge is 0.231 e. The Labute approximate surface area is 207 Å². The van der Waals surface area contributed by atoms with Crippen molar-refractivity contribution in [1.29, 1.82) is 0 Å². The summed E-state index contributed by atoms with van der Waals surface area (Å²) in [5.41, 5.74) is 3.28. The van der Waals surface area contributed by atoms with Gasteiger partial charge in [0.15, 0.2) is 23.1 Å². The number of aromatic amines is 1. The Balaban J connectivity index is 1.36. The molecule has 3 heterocycles. The normalized spacial score (nSPS) is 12.3. The second-order valence-corrected chi connectivity index (χ2v) is 8.16. The van der Waals surface area contributed by atoms with Gasteiger partial charge < -0.3 is 24.3 Å². The largest absolute Gasteiger partial charge is 0.495 e. The summed E-state index contributed by atoms with van der Waals surface area (Å²) in [6.07, 6.45) is 5.89. The summed E-state index contributed by atoms with van der Waals surface area (Å²) in [6, 6.07) is 5.22. The number of rotatable bonds is 9. The third kappa shape index (κ3) is 4.59. The monoisotopic (exact) mass is 490 g/mol. The molecule has 0 fully saturated rings. The number of aromatic nitrogens is 5. The predicted molar refractivity (Wildman–Crippen MR) is 131 cm³/mol. The third-order valence-electron chi connectivity index (χ3n) is 5.92. The maximum Gasteiger partial charge on any atom is 0.231 e. The maximum atomic E-state index is 12.7. The Bertz CT molecular complexity index is 1420. The summed E-state index contributed by atoms with van der Waals surface area (Å²) in [5.74, 6) is 2.64. The van der Waals surface area contributed by atoms with Crippen LogP contribution in [0.3, 0.4) is 0 Å². The summed E-state index contributed by atoms with van der Waals surface area (Å²) in [6.45, 7) is 2.37. The molecule has 11 nitrogen and oxygen atoms in total. The van der Waals surface area contributed by atoms with E-state index in [0.29, 0.717) is 57.9 Å². The Morgan fingerprint density at radius 1 is 1.06 bits per heavy atom. The molecule has 0 unspecified atom stereocenters. The van der Waals surface area contributed by atoms with Gasteiger partial charge in [-0.25, -0.2) is 9.97 Å². The van der Waals surface area contributed by atoms with Gasteiger partial charge in [-0.15, -0.1) is 0 Å². The van der Waals surface area contributed by atoms with Crippen LogP contribution in [0.15, 0.2) is 30.7 Å². The van der Waals surface area contributed by atoms with E-state index in [0.717, 1.165) is 30.5 Å². The molecule has 0 saturated heterocycles. The van der Waals surface area contributed by atoms with E-state index >= 15 is 0 Å². The molecule has 0 bridgehead atoms. The fourth-order valence-electron chi connectivity index (χ4n) is 4.23. The summed E-state index contributed by atoms with van der Waals surface area (Å²) >= 11 is 0. The van der Waals surface area contributed by atoms with Gasteiger partial charge in [-0.1, -0.05) is 0 Å². The molecule has 1 aliphatic rings. The van der Waals surface area contributed by atoms with Gasteiger partial charge in [-0.05, 0) is 32.3 Å². The van der Waals surface area contributed by atoms with Crippen molar-refractivity contribution in [3.05, 3.63) is 47.7 Å². The minimum absolute atomic E-state index is 0.0268. The van der Waals surface area contributed by atoms with Crippen LogP contribution in [0.1, 0.15) is 30.3 Å². The molecule has 1 amide bonds. The Morgan fingerprint density at radius 3 is 2.72 bits per heavy atom. The third-order valence-corrected chi connectivity index (χ3v) is 5.92. The van der Waals surface area contributed by atoms with Crippen molar-refractivity contribution in [2.75, 3.05) is 26.1 Å². The van der Waals surface area contributed by atoms with Crippen molar-refractivity contribution in [2.24, 2.45) is 0 Å². The molecule has 3 aromatic heterocycles. The number of ether oxygens (including phenoxy) is 4. The number of nitrogens with one attached hydrogen (secondary N) is 2. The molecule has 1 aromatic carbocycles. The van der Waals surface area contributed by atoms with Crippen LogP contribution >= 0.6 is 0 Å². The number of fused-ring (bicyclic) bond motifs is 2. The Kier molecular flexibility index (Phi) is 6.52. The standard InChI is InChI=1S/C25H26N6O5/c1-4-35-22-9-16-18(10-21(22)34-3)27-13-28-25(16)36-14-8-20(33-2)19(26-12-14)11-23(32)29-24-15-6-5-7-17(15)30-31-24/h8-10,12-13H,4-7,11H2,1-3H3,(H2,29,30,31,32). The number of carbonyl (C=O) groups excluding carboxylic acids is 1. The van der Waals surface area contributed by atoms with E-state index in [2.05, 4.69) is 30.5 Å². The number of H-pyrrole nitrogens is 1. The molecule has 36 heavy (non-hydrogen) atoms. The van der Waals surface area contributed by atoms with Crippen LogP contribution in [-0.4, -0.2) is 51.9 Å². The lowest BCUT2D eigenvalue weighted by Crippen LogP contribution is -2.17. The van der Waals surface area contributed by atoms with E-state index in [1.165, 1.54) is 19.6 Å². The number of carbonyl (C=O) groups is 1.